The summed E-state index contributed by atoms with van der Waals surface area (Å²) >= 11 is 0. The number of rotatable bonds is 10. The van der Waals surface area contributed by atoms with Gasteiger partial charge < -0.3 is 29.1 Å². The van der Waals surface area contributed by atoms with Crippen LogP contribution < -0.4 is 10.5 Å². The fraction of sp³-hybridized carbons (Fsp3) is 0.419. The predicted molar refractivity (Wildman–Crippen MR) is 158 cm³/mol. The number of alkyl halides is 1. The van der Waals surface area contributed by atoms with Gasteiger partial charge in [-0.05, 0) is 43.9 Å². The minimum Gasteiger partial charge on any atom is -0.487 e. The van der Waals surface area contributed by atoms with Gasteiger partial charge >= 0.3 is 0 Å². The molecule has 0 spiro atoms. The van der Waals surface area contributed by atoms with Gasteiger partial charge in [-0.1, -0.05) is 12.1 Å². The number of hydrogen-bond acceptors (Lipinski definition) is 6. The summed E-state index contributed by atoms with van der Waals surface area (Å²) in [5, 5.41) is 1.09. The molecule has 1 aliphatic heterocycles. The second-order valence-corrected chi connectivity index (χ2v) is 11.7. The summed E-state index contributed by atoms with van der Waals surface area (Å²) < 4.78 is 25.9. The summed E-state index contributed by atoms with van der Waals surface area (Å²) in [5.41, 5.74) is 10.5. The monoisotopic (exact) mass is 570 g/mol. The van der Waals surface area contributed by atoms with Crippen LogP contribution in [-0.4, -0.2) is 71.4 Å². The van der Waals surface area contributed by atoms with E-state index in [9.17, 15) is 9.18 Å². The Kier molecular flexibility index (Phi) is 6.69. The number of hydrogen-bond donors (Lipinski definition) is 1. The van der Waals surface area contributed by atoms with Crippen LogP contribution in [0.5, 0.6) is 5.75 Å². The molecule has 7 rings (SSSR count). The molecule has 11 heteroatoms. The molecule has 0 bridgehead atoms. The molecule has 218 valence electrons. The number of aryl methyl sites for hydroxylation is 1. The van der Waals surface area contributed by atoms with Crippen LogP contribution in [0.2, 0.25) is 0 Å². The van der Waals surface area contributed by atoms with Gasteiger partial charge in [0.2, 0.25) is 0 Å². The Labute approximate surface area is 242 Å². The number of benzene rings is 1. The number of carbonyl (C=O) groups excluding carboxylic acids is 1. The Morgan fingerprint density at radius 1 is 1.19 bits per heavy atom. The molecule has 1 fully saturated rings. The van der Waals surface area contributed by atoms with E-state index in [4.69, 9.17) is 20.4 Å². The molecule has 2 N–H and O–H groups in total. The largest absolute Gasteiger partial charge is 0.487 e. The van der Waals surface area contributed by atoms with Gasteiger partial charge in [0, 0.05) is 50.9 Å². The van der Waals surface area contributed by atoms with E-state index in [1.807, 2.05) is 40.6 Å². The SMILES string of the molecule is CC(Cn1ccnc1)Oc1cccc2cc(-c3nc4cc5c(nc4n3C)CCN(CC(N)CF)C5=O)n(CC3CC3)c12. The van der Waals surface area contributed by atoms with Gasteiger partial charge in [0.1, 0.15) is 24.0 Å². The number of aromatic nitrogens is 6. The molecule has 0 radical (unpaired) electrons. The normalized spacial score (nSPS) is 16.8. The lowest BCUT2D eigenvalue weighted by molar-refractivity contribution is 0.0723. The maximum absolute atomic E-state index is 13.2. The highest BCUT2D eigenvalue weighted by Gasteiger charge is 2.30. The molecule has 2 aliphatic rings. The molecule has 1 saturated carbocycles. The number of nitrogens with two attached hydrogens (primary N) is 1. The van der Waals surface area contributed by atoms with E-state index in [0.29, 0.717) is 36.5 Å². The lowest BCUT2D eigenvalue weighted by Crippen LogP contribution is -2.45. The first-order chi connectivity index (χ1) is 20.4. The minimum absolute atomic E-state index is 0.0552. The van der Waals surface area contributed by atoms with Gasteiger partial charge in [-0.2, -0.15) is 0 Å². The van der Waals surface area contributed by atoms with Gasteiger partial charge in [-0.25, -0.2) is 19.3 Å². The predicted octanol–water partition coefficient (Wildman–Crippen LogP) is 3.96. The molecule has 2 atom stereocenters. The van der Waals surface area contributed by atoms with Crippen molar-refractivity contribution in [3.05, 3.63) is 60.3 Å². The van der Waals surface area contributed by atoms with Gasteiger partial charge in [-0.15, -0.1) is 0 Å². The van der Waals surface area contributed by atoms with E-state index < -0.39 is 12.7 Å². The summed E-state index contributed by atoms with van der Waals surface area (Å²) in [6.07, 6.45) is 8.47. The highest BCUT2D eigenvalue weighted by Crippen LogP contribution is 2.39. The number of halogens is 1. The maximum Gasteiger partial charge on any atom is 0.255 e. The number of pyridine rings is 1. The summed E-state index contributed by atoms with van der Waals surface area (Å²) in [7, 11) is 1.98. The number of carbonyl (C=O) groups is 1. The first-order valence-electron chi connectivity index (χ1n) is 14.6. The Hall–Kier alpha value is -4.25. The van der Waals surface area contributed by atoms with Crippen LogP contribution in [0.3, 0.4) is 0 Å². The summed E-state index contributed by atoms with van der Waals surface area (Å²) in [4.78, 5) is 28.9. The summed E-state index contributed by atoms with van der Waals surface area (Å²) in [5.74, 6) is 2.08. The Bertz CT molecular complexity index is 1770. The van der Waals surface area contributed by atoms with Crippen LogP contribution in [0.4, 0.5) is 4.39 Å². The molecule has 1 aromatic carbocycles. The zero-order chi connectivity index (χ0) is 29.0. The van der Waals surface area contributed by atoms with Crippen molar-refractivity contribution in [2.45, 2.75) is 51.4 Å². The molecule has 10 nitrogen and oxygen atoms in total. The van der Waals surface area contributed by atoms with Crippen molar-refractivity contribution < 1.29 is 13.9 Å². The maximum atomic E-state index is 13.2. The third-order valence-electron chi connectivity index (χ3n) is 8.32. The van der Waals surface area contributed by atoms with Crippen LogP contribution in [0, 0.1) is 5.92 Å². The highest BCUT2D eigenvalue weighted by molar-refractivity contribution is 5.99. The molecule has 5 heterocycles. The molecule has 2 unspecified atom stereocenters. The van der Waals surface area contributed by atoms with Crippen molar-refractivity contribution in [3.8, 4) is 17.3 Å². The summed E-state index contributed by atoms with van der Waals surface area (Å²) in [6.45, 7) is 3.64. The fourth-order valence-electron chi connectivity index (χ4n) is 6.04. The number of amides is 1. The highest BCUT2D eigenvalue weighted by atomic mass is 19.1. The van der Waals surface area contributed by atoms with Crippen LogP contribution in [-0.2, 0) is 26.6 Å². The summed E-state index contributed by atoms with van der Waals surface area (Å²) in [6, 6.07) is 9.50. The second-order valence-electron chi connectivity index (χ2n) is 11.7. The standard InChI is InChI=1S/C31H35FN8O2/c1-19(15-38-11-9-34-18-38)42-27-5-3-4-21-12-26(40(28(21)27)16-20-6-7-20)30-36-25-13-23-24(35-29(25)37(30)2)8-10-39(31(23)41)17-22(33)14-32/h3-5,9,11-13,18-20,22H,6-8,10,14-17,33H2,1-2H3. The molecule has 4 aromatic heterocycles. The average molecular weight is 571 g/mol. The van der Waals surface area contributed by atoms with Gasteiger partial charge in [0.25, 0.3) is 5.91 Å². The second kappa shape index (κ2) is 10.5. The first-order valence-corrected chi connectivity index (χ1v) is 14.6. The van der Waals surface area contributed by atoms with Crippen LogP contribution in [0.15, 0.2) is 49.1 Å². The molecular weight excluding hydrogens is 535 g/mol. The van der Waals surface area contributed by atoms with E-state index >= 15 is 0 Å². The van der Waals surface area contributed by atoms with Crippen molar-refractivity contribution in [1.29, 1.82) is 0 Å². The lowest BCUT2D eigenvalue weighted by Gasteiger charge is -2.29. The van der Waals surface area contributed by atoms with Crippen molar-refractivity contribution >= 4 is 28.0 Å². The number of nitrogens with zero attached hydrogens (tertiary/aromatic N) is 7. The molecule has 42 heavy (non-hydrogen) atoms. The van der Waals surface area contributed by atoms with E-state index in [0.717, 1.165) is 46.1 Å². The van der Waals surface area contributed by atoms with Gasteiger partial charge in [0.05, 0.1) is 41.4 Å². The molecule has 0 saturated heterocycles. The molecular formula is C31H35FN8O2. The number of ether oxygens (including phenoxy) is 1. The van der Waals surface area contributed by atoms with E-state index in [1.165, 1.54) is 12.8 Å². The van der Waals surface area contributed by atoms with Crippen molar-refractivity contribution in [2.24, 2.45) is 18.7 Å². The van der Waals surface area contributed by atoms with Crippen LogP contribution in [0.1, 0.15) is 35.8 Å². The number of imidazole rings is 2. The molecule has 5 aromatic rings. The topological polar surface area (TPSA) is 109 Å². The minimum atomic E-state index is -0.690. The third-order valence-corrected chi connectivity index (χ3v) is 8.32. The van der Waals surface area contributed by atoms with Crippen molar-refractivity contribution in [3.63, 3.8) is 0 Å². The van der Waals surface area contributed by atoms with Crippen LogP contribution >= 0.6 is 0 Å². The zero-order valence-electron chi connectivity index (χ0n) is 23.9. The molecule has 1 aliphatic carbocycles. The number of fused-ring (bicyclic) bond motifs is 3. The Morgan fingerprint density at radius 2 is 2.05 bits per heavy atom. The van der Waals surface area contributed by atoms with Gasteiger partial charge in [0.15, 0.2) is 11.5 Å². The quantitative estimate of drug-likeness (QED) is 0.272. The molecule has 1 amide bonds. The van der Waals surface area contributed by atoms with Crippen LogP contribution in [0.25, 0.3) is 33.6 Å². The first kappa shape index (κ1) is 26.6. The zero-order valence-corrected chi connectivity index (χ0v) is 23.9. The third kappa shape index (κ3) is 4.81. The Balaban J connectivity index is 1.28. The Morgan fingerprint density at radius 3 is 2.81 bits per heavy atom. The van der Waals surface area contributed by atoms with E-state index in [1.54, 1.807) is 17.4 Å². The lowest BCUT2D eigenvalue weighted by atomic mass is 10.0. The van der Waals surface area contributed by atoms with Gasteiger partial charge in [-0.3, -0.25) is 4.79 Å². The van der Waals surface area contributed by atoms with Crippen molar-refractivity contribution in [2.75, 3.05) is 19.8 Å². The van der Waals surface area contributed by atoms with E-state index in [2.05, 4.69) is 28.6 Å². The number of para-hydroxylation sites is 1. The fourth-order valence-corrected chi connectivity index (χ4v) is 6.04. The smallest absolute Gasteiger partial charge is 0.255 e. The average Bonchev–Trinajstić information content (AvgIpc) is 3.36. The van der Waals surface area contributed by atoms with Crippen molar-refractivity contribution in [1.82, 2.24) is 33.6 Å². The van der Waals surface area contributed by atoms with E-state index in [-0.39, 0.29) is 18.6 Å².